The molecule has 1 aliphatic heterocycles. The predicted octanol–water partition coefficient (Wildman–Crippen LogP) is 0.296. The van der Waals surface area contributed by atoms with Gasteiger partial charge in [0.1, 0.15) is 6.04 Å². The number of anilines is 1. The van der Waals surface area contributed by atoms with E-state index in [1.54, 1.807) is 12.1 Å². The van der Waals surface area contributed by atoms with E-state index in [0.29, 0.717) is 18.5 Å². The average Bonchev–Trinajstić information content (AvgIpc) is 2.76. The molecule has 2 rings (SSSR count). The van der Waals surface area contributed by atoms with E-state index in [4.69, 9.17) is 14.6 Å². The second-order valence-corrected chi connectivity index (χ2v) is 7.07. The van der Waals surface area contributed by atoms with E-state index >= 15 is 0 Å². The number of amides is 3. The molecule has 3 N–H and O–H groups in total. The van der Waals surface area contributed by atoms with Crippen LogP contribution in [0, 0.1) is 0 Å². The first kappa shape index (κ1) is 25.0. The van der Waals surface area contributed by atoms with Crippen molar-refractivity contribution in [3.8, 4) is 0 Å². The Kier molecular flexibility index (Phi) is 9.76. The fourth-order valence-electron chi connectivity index (χ4n) is 3.16. The monoisotopic (exact) mass is 449 g/mol. The van der Waals surface area contributed by atoms with Gasteiger partial charge in [-0.25, -0.2) is 0 Å². The Morgan fingerprint density at radius 2 is 1.94 bits per heavy atom. The van der Waals surface area contributed by atoms with Gasteiger partial charge in [0, 0.05) is 31.3 Å². The zero-order chi connectivity index (χ0) is 23.5. The molecule has 1 aliphatic rings. The van der Waals surface area contributed by atoms with Gasteiger partial charge in [-0.2, -0.15) is 0 Å². The van der Waals surface area contributed by atoms with Crippen molar-refractivity contribution in [3.05, 3.63) is 29.3 Å². The van der Waals surface area contributed by atoms with Crippen LogP contribution < -0.4 is 10.6 Å². The number of benzene rings is 1. The Bertz CT molecular complexity index is 857. The zero-order valence-corrected chi connectivity index (χ0v) is 17.8. The lowest BCUT2D eigenvalue weighted by atomic mass is 10.0. The molecule has 0 spiro atoms. The van der Waals surface area contributed by atoms with Gasteiger partial charge in [0.15, 0.2) is 6.29 Å². The number of nitrogens with zero attached hydrogens (tertiary/aromatic N) is 1. The Labute approximate surface area is 185 Å². The Hall–Kier alpha value is -3.31. The van der Waals surface area contributed by atoms with Crippen LogP contribution in [-0.4, -0.2) is 86.0 Å². The Balaban J connectivity index is 1.93. The molecule has 0 aromatic heterocycles. The summed E-state index contributed by atoms with van der Waals surface area (Å²) in [6.45, 7) is 1.26. The van der Waals surface area contributed by atoms with Gasteiger partial charge in [-0.3, -0.25) is 29.3 Å². The molecule has 0 bridgehead atoms. The highest BCUT2D eigenvalue weighted by molar-refractivity contribution is 6.08. The first-order chi connectivity index (χ1) is 15.3. The molecule has 3 amide bonds. The highest BCUT2D eigenvalue weighted by Crippen LogP contribution is 2.23. The minimum absolute atomic E-state index is 0.0707. The number of rotatable bonds is 13. The van der Waals surface area contributed by atoms with Gasteiger partial charge in [-0.05, 0) is 12.5 Å². The topological polar surface area (TPSA) is 151 Å². The number of imide groups is 1. The average molecular weight is 449 g/mol. The van der Waals surface area contributed by atoms with Crippen molar-refractivity contribution in [2.45, 2.75) is 25.3 Å². The summed E-state index contributed by atoms with van der Waals surface area (Å²) < 4.78 is 10.5. The van der Waals surface area contributed by atoms with E-state index in [2.05, 4.69) is 10.6 Å². The molecule has 32 heavy (non-hydrogen) atoms. The third kappa shape index (κ3) is 7.13. The van der Waals surface area contributed by atoms with E-state index in [9.17, 15) is 24.0 Å². The highest BCUT2D eigenvalue weighted by atomic mass is 16.5. The van der Waals surface area contributed by atoms with Crippen molar-refractivity contribution in [1.82, 2.24) is 10.2 Å². The molecular weight excluding hydrogens is 422 g/mol. The molecule has 0 radical (unpaired) electrons. The van der Waals surface area contributed by atoms with Crippen molar-refractivity contribution >= 4 is 35.7 Å². The van der Waals surface area contributed by atoms with Crippen LogP contribution in [0.3, 0.4) is 0 Å². The van der Waals surface area contributed by atoms with Crippen LogP contribution in [0.25, 0.3) is 0 Å². The van der Waals surface area contributed by atoms with Crippen molar-refractivity contribution < 1.29 is 38.6 Å². The number of ether oxygens (including phenoxy) is 2. The molecule has 0 aliphatic carbocycles. The minimum atomic E-state index is -0.929. The van der Waals surface area contributed by atoms with Gasteiger partial charge in [0.25, 0.3) is 5.91 Å². The van der Waals surface area contributed by atoms with Crippen molar-refractivity contribution in [2.75, 3.05) is 45.3 Å². The molecule has 1 atom stereocenters. The van der Waals surface area contributed by atoms with Crippen LogP contribution >= 0.6 is 0 Å². The van der Waals surface area contributed by atoms with Crippen LogP contribution in [-0.2, 0) is 23.9 Å². The van der Waals surface area contributed by atoms with Gasteiger partial charge in [-0.1, -0.05) is 12.1 Å². The number of hydrogen-bond donors (Lipinski definition) is 3. The maximum atomic E-state index is 13.1. The maximum absolute atomic E-state index is 13.1. The predicted molar refractivity (Wildman–Crippen MR) is 112 cm³/mol. The van der Waals surface area contributed by atoms with Crippen LogP contribution in [0.1, 0.15) is 40.0 Å². The molecular formula is C21H27N3O8. The summed E-state index contributed by atoms with van der Waals surface area (Å²) in [5.41, 5.74) is 0.721. The summed E-state index contributed by atoms with van der Waals surface area (Å²) in [4.78, 5) is 59.8. The molecule has 1 aromatic rings. The molecule has 1 unspecified atom stereocenters. The van der Waals surface area contributed by atoms with Crippen molar-refractivity contribution in [2.24, 2.45) is 0 Å². The minimum Gasteiger partial charge on any atom is -0.481 e. The maximum Gasteiger partial charge on any atom is 0.305 e. The van der Waals surface area contributed by atoms with E-state index < -0.39 is 23.8 Å². The Morgan fingerprint density at radius 1 is 1.22 bits per heavy atom. The largest absolute Gasteiger partial charge is 0.481 e. The fourth-order valence-corrected chi connectivity index (χ4v) is 3.16. The van der Waals surface area contributed by atoms with Crippen LogP contribution in [0.2, 0.25) is 0 Å². The quantitative estimate of drug-likeness (QED) is 0.219. The highest BCUT2D eigenvalue weighted by Gasteiger charge is 2.34. The van der Waals surface area contributed by atoms with Crippen LogP contribution in [0.4, 0.5) is 5.69 Å². The Morgan fingerprint density at radius 3 is 2.59 bits per heavy atom. The number of carbonyl (C=O) groups is 5. The summed E-state index contributed by atoms with van der Waals surface area (Å²) in [5, 5.41) is 13.8. The SMILES string of the molecule is CN(C(=O)c1c(C=O)cccc1NCCOCCOCCC(=O)O)C1CCC(=O)NC1=O. The molecule has 11 heteroatoms. The molecule has 1 fully saturated rings. The third-order valence-electron chi connectivity index (χ3n) is 4.83. The number of aliphatic carboxylic acids is 1. The lowest BCUT2D eigenvalue weighted by molar-refractivity contribution is -0.139. The smallest absolute Gasteiger partial charge is 0.305 e. The summed E-state index contributed by atoms with van der Waals surface area (Å²) in [6, 6.07) is 3.98. The second kappa shape index (κ2) is 12.5. The third-order valence-corrected chi connectivity index (χ3v) is 4.83. The van der Waals surface area contributed by atoms with Crippen LogP contribution in [0.5, 0.6) is 0 Å². The number of carboxylic acid groups (broad SMARTS) is 1. The first-order valence-electron chi connectivity index (χ1n) is 10.1. The molecule has 174 valence electrons. The summed E-state index contributed by atoms with van der Waals surface area (Å²) in [5.74, 6) is -2.37. The first-order valence-corrected chi connectivity index (χ1v) is 10.1. The number of piperidine rings is 1. The number of likely N-dealkylation sites (N-methyl/N-ethyl adjacent to an activating group) is 1. The van der Waals surface area contributed by atoms with Gasteiger partial charge in [0.2, 0.25) is 11.8 Å². The molecule has 1 aromatic carbocycles. The zero-order valence-electron chi connectivity index (χ0n) is 17.8. The molecule has 0 saturated carbocycles. The van der Waals surface area contributed by atoms with E-state index in [-0.39, 0.29) is 62.7 Å². The summed E-state index contributed by atoms with van der Waals surface area (Å²) in [7, 11) is 1.46. The van der Waals surface area contributed by atoms with E-state index in [1.807, 2.05) is 0 Å². The summed E-state index contributed by atoms with van der Waals surface area (Å²) in [6.07, 6.45) is 0.841. The lowest BCUT2D eigenvalue weighted by Gasteiger charge is -2.30. The van der Waals surface area contributed by atoms with Gasteiger partial charge < -0.3 is 24.8 Å². The number of nitrogens with one attached hydrogen (secondary N) is 2. The second-order valence-electron chi connectivity index (χ2n) is 7.07. The molecule has 1 saturated heterocycles. The van der Waals surface area contributed by atoms with Crippen molar-refractivity contribution in [1.29, 1.82) is 0 Å². The van der Waals surface area contributed by atoms with Crippen LogP contribution in [0.15, 0.2) is 18.2 Å². The lowest BCUT2D eigenvalue weighted by Crippen LogP contribution is -2.53. The van der Waals surface area contributed by atoms with Gasteiger partial charge >= 0.3 is 5.97 Å². The van der Waals surface area contributed by atoms with Crippen molar-refractivity contribution in [3.63, 3.8) is 0 Å². The normalized spacial score (nSPS) is 15.7. The summed E-state index contributed by atoms with van der Waals surface area (Å²) >= 11 is 0. The van der Waals surface area contributed by atoms with Gasteiger partial charge in [-0.15, -0.1) is 0 Å². The number of hydrogen-bond acceptors (Lipinski definition) is 8. The van der Waals surface area contributed by atoms with E-state index in [1.165, 1.54) is 18.0 Å². The fraction of sp³-hybridized carbons (Fsp3) is 0.476. The number of carboxylic acids is 1. The van der Waals surface area contributed by atoms with E-state index in [0.717, 1.165) is 0 Å². The molecule has 11 nitrogen and oxygen atoms in total. The number of aldehydes is 1. The van der Waals surface area contributed by atoms with Gasteiger partial charge in [0.05, 0.1) is 38.4 Å². The number of carbonyl (C=O) groups excluding carboxylic acids is 4. The standard InChI is InChI=1S/C21H27N3O8/c1-24(16-5-6-17(26)23-20(16)29)21(30)19-14(13-25)3-2-4-15(19)22-8-10-32-12-11-31-9-7-18(27)28/h2-4,13,16,22H,5-12H2,1H3,(H,27,28)(H,23,26,29). The molecule has 1 heterocycles.